The Hall–Kier alpha value is -2.88. The van der Waals surface area contributed by atoms with Crippen LogP contribution < -0.4 is 5.56 Å². The van der Waals surface area contributed by atoms with E-state index in [-0.39, 0.29) is 36.8 Å². The van der Waals surface area contributed by atoms with Crippen molar-refractivity contribution in [2.24, 2.45) is 12.5 Å². The monoisotopic (exact) mass is 471 g/mol. The van der Waals surface area contributed by atoms with E-state index in [9.17, 15) is 18.0 Å². The molecule has 4 aliphatic rings. The number of pyridine rings is 1. The minimum Gasteiger partial charge on any atom is -0.373 e. The molecule has 1 aliphatic heterocycles. The largest absolute Gasteiger partial charge is 0.394 e. The summed E-state index contributed by atoms with van der Waals surface area (Å²) in [5.41, 5.74) is 0.881. The van der Waals surface area contributed by atoms with Gasteiger partial charge in [-0.15, -0.1) is 0 Å². The van der Waals surface area contributed by atoms with Gasteiger partial charge < -0.3 is 9.30 Å². The summed E-state index contributed by atoms with van der Waals surface area (Å²) in [7, 11) is 1.70. The molecule has 3 saturated carbocycles. The van der Waals surface area contributed by atoms with Crippen LogP contribution in [-0.4, -0.2) is 37.3 Å². The Bertz CT molecular complexity index is 1350. The normalized spacial score (nSPS) is 30.6. The third-order valence-electron chi connectivity index (χ3n) is 7.81. The molecule has 7 rings (SSSR count). The predicted molar refractivity (Wildman–Crippen MR) is 116 cm³/mol. The highest BCUT2D eigenvalue weighted by Crippen LogP contribution is 2.78. The molecule has 2 atom stereocenters. The maximum atomic E-state index is 13.5. The van der Waals surface area contributed by atoms with Crippen molar-refractivity contribution < 1.29 is 17.9 Å². The lowest BCUT2D eigenvalue weighted by Crippen LogP contribution is -2.70. The zero-order valence-electron chi connectivity index (χ0n) is 18.9. The Labute approximate surface area is 193 Å². The van der Waals surface area contributed by atoms with Crippen molar-refractivity contribution in [1.29, 1.82) is 0 Å². The number of halogens is 3. The highest BCUT2D eigenvalue weighted by Gasteiger charge is 2.79. The predicted octanol–water partition coefficient (Wildman–Crippen LogP) is 4.05. The Morgan fingerprint density at radius 2 is 1.91 bits per heavy atom. The first-order valence-corrected chi connectivity index (χ1v) is 11.5. The molecule has 1 saturated heterocycles. The standard InChI is InChI=1S/C24H24F3N5O2/c1-13-8-28-18-19(22-10-23(11-22,12-22)24(25,26)27)30-20(31-21(18)29-13)14-5-6-34-16(7-14)15-3-4-17(33)32(2)9-15/h3-4,8-9,14,16H,5-7,10-12H2,1-2H3. The summed E-state index contributed by atoms with van der Waals surface area (Å²) in [4.78, 5) is 30.4. The molecule has 0 N–H and O–H groups in total. The van der Waals surface area contributed by atoms with E-state index in [0.29, 0.717) is 47.8 Å². The van der Waals surface area contributed by atoms with E-state index in [2.05, 4.69) is 9.97 Å². The second-order valence-corrected chi connectivity index (χ2v) is 10.2. The van der Waals surface area contributed by atoms with Crippen LogP contribution in [0.4, 0.5) is 13.2 Å². The molecule has 0 spiro atoms. The molecule has 34 heavy (non-hydrogen) atoms. The van der Waals surface area contributed by atoms with Gasteiger partial charge >= 0.3 is 6.18 Å². The number of rotatable bonds is 3. The van der Waals surface area contributed by atoms with E-state index in [1.54, 1.807) is 25.5 Å². The molecular weight excluding hydrogens is 447 g/mol. The summed E-state index contributed by atoms with van der Waals surface area (Å²) in [6.07, 6.45) is 0.455. The molecule has 3 aromatic rings. The zero-order chi connectivity index (χ0) is 23.9. The van der Waals surface area contributed by atoms with Gasteiger partial charge in [0.2, 0.25) is 5.56 Å². The first kappa shape index (κ1) is 21.6. The number of aromatic nitrogens is 5. The quantitative estimate of drug-likeness (QED) is 0.573. The number of nitrogens with zero attached hydrogens (tertiary/aromatic N) is 5. The van der Waals surface area contributed by atoms with Gasteiger partial charge in [0.25, 0.3) is 0 Å². The maximum absolute atomic E-state index is 13.5. The van der Waals surface area contributed by atoms with E-state index in [4.69, 9.17) is 14.7 Å². The van der Waals surface area contributed by atoms with Crippen LogP contribution >= 0.6 is 0 Å². The second kappa shape index (κ2) is 7.07. The Morgan fingerprint density at radius 1 is 1.15 bits per heavy atom. The van der Waals surface area contributed by atoms with Crippen LogP contribution in [0.25, 0.3) is 11.2 Å². The van der Waals surface area contributed by atoms with E-state index in [1.807, 2.05) is 6.92 Å². The molecule has 2 unspecified atom stereocenters. The smallest absolute Gasteiger partial charge is 0.373 e. The van der Waals surface area contributed by atoms with Gasteiger partial charge in [-0.1, -0.05) is 0 Å². The highest BCUT2D eigenvalue weighted by molar-refractivity contribution is 5.75. The molecule has 2 bridgehead atoms. The average molecular weight is 471 g/mol. The van der Waals surface area contributed by atoms with E-state index >= 15 is 0 Å². The van der Waals surface area contributed by atoms with Crippen molar-refractivity contribution >= 4 is 11.2 Å². The fourth-order valence-corrected chi connectivity index (χ4v) is 5.97. The summed E-state index contributed by atoms with van der Waals surface area (Å²) < 4.78 is 48.0. The summed E-state index contributed by atoms with van der Waals surface area (Å²) in [5.74, 6) is 0.552. The molecule has 0 aromatic carbocycles. The Balaban J connectivity index is 1.36. The molecular formula is C24H24F3N5O2. The molecule has 7 nitrogen and oxygen atoms in total. The van der Waals surface area contributed by atoms with Gasteiger partial charge in [-0.05, 0) is 50.7 Å². The van der Waals surface area contributed by atoms with Crippen LogP contribution in [0, 0.1) is 12.3 Å². The highest BCUT2D eigenvalue weighted by atomic mass is 19.4. The molecule has 10 heteroatoms. The molecule has 178 valence electrons. The number of hydrogen-bond donors (Lipinski definition) is 0. The number of fused-ring (bicyclic) bond motifs is 1. The van der Waals surface area contributed by atoms with Crippen LogP contribution in [0.15, 0.2) is 29.3 Å². The fourth-order valence-electron chi connectivity index (χ4n) is 5.97. The van der Waals surface area contributed by atoms with Gasteiger partial charge in [-0.2, -0.15) is 13.2 Å². The SMILES string of the molecule is Cc1cnc2c(C34CC(C(F)(F)F)(C3)C4)nc(C3CCOC(c4ccc(=O)n(C)c4)C3)nc2n1. The molecule has 4 heterocycles. The van der Waals surface area contributed by atoms with Crippen LogP contribution in [0.5, 0.6) is 0 Å². The van der Waals surface area contributed by atoms with Crippen molar-refractivity contribution in [3.8, 4) is 0 Å². The van der Waals surface area contributed by atoms with Crippen LogP contribution in [0.2, 0.25) is 0 Å². The van der Waals surface area contributed by atoms with Gasteiger partial charge in [0.1, 0.15) is 11.3 Å². The van der Waals surface area contributed by atoms with E-state index < -0.39 is 17.0 Å². The van der Waals surface area contributed by atoms with Crippen molar-refractivity contribution in [2.75, 3.05) is 6.61 Å². The summed E-state index contributed by atoms with van der Waals surface area (Å²) in [6, 6.07) is 3.29. The molecule has 3 aromatic heterocycles. The first-order valence-electron chi connectivity index (χ1n) is 11.5. The fraction of sp³-hybridized carbons (Fsp3) is 0.542. The topological polar surface area (TPSA) is 82.8 Å². The van der Waals surface area contributed by atoms with Crippen molar-refractivity contribution in [3.05, 3.63) is 57.7 Å². The molecule has 4 fully saturated rings. The number of alkyl halides is 3. The lowest BCUT2D eigenvalue weighted by atomic mass is 9.34. The van der Waals surface area contributed by atoms with Crippen LogP contribution in [-0.2, 0) is 17.2 Å². The van der Waals surface area contributed by atoms with Gasteiger partial charge in [0.05, 0.1) is 22.9 Å². The third-order valence-corrected chi connectivity index (χ3v) is 7.81. The van der Waals surface area contributed by atoms with E-state index in [0.717, 1.165) is 5.56 Å². The number of hydrogen-bond acceptors (Lipinski definition) is 6. The second-order valence-electron chi connectivity index (χ2n) is 10.2. The van der Waals surface area contributed by atoms with Crippen LogP contribution in [0.3, 0.4) is 0 Å². The summed E-state index contributed by atoms with van der Waals surface area (Å²) in [5, 5.41) is 0. The lowest BCUT2D eigenvalue weighted by Gasteiger charge is -2.70. The minimum absolute atomic E-state index is 0.0367. The summed E-state index contributed by atoms with van der Waals surface area (Å²) >= 11 is 0. The molecule has 0 radical (unpaired) electrons. The van der Waals surface area contributed by atoms with E-state index in [1.165, 1.54) is 10.6 Å². The Kier molecular flexibility index (Phi) is 4.50. The summed E-state index contributed by atoms with van der Waals surface area (Å²) in [6.45, 7) is 2.31. The van der Waals surface area contributed by atoms with Crippen molar-refractivity contribution in [3.63, 3.8) is 0 Å². The first-order chi connectivity index (χ1) is 16.1. The third kappa shape index (κ3) is 3.10. The zero-order valence-corrected chi connectivity index (χ0v) is 18.9. The average Bonchev–Trinajstić information content (AvgIpc) is 2.72. The number of aryl methyl sites for hydroxylation is 2. The minimum atomic E-state index is -4.19. The van der Waals surface area contributed by atoms with Crippen molar-refractivity contribution in [1.82, 2.24) is 24.5 Å². The lowest BCUT2D eigenvalue weighted by molar-refractivity contribution is -0.337. The van der Waals surface area contributed by atoms with Crippen LogP contribution in [0.1, 0.15) is 66.9 Å². The van der Waals surface area contributed by atoms with Gasteiger partial charge in [-0.3, -0.25) is 4.79 Å². The number of ether oxygens (including phenoxy) is 1. The van der Waals surface area contributed by atoms with Gasteiger partial charge in [-0.25, -0.2) is 19.9 Å². The van der Waals surface area contributed by atoms with Gasteiger partial charge in [0, 0.05) is 43.4 Å². The molecule has 3 aliphatic carbocycles. The van der Waals surface area contributed by atoms with Crippen molar-refractivity contribution in [2.45, 2.75) is 62.6 Å². The molecule has 0 amide bonds. The maximum Gasteiger partial charge on any atom is 0.394 e. The van der Waals surface area contributed by atoms with Gasteiger partial charge in [0.15, 0.2) is 5.65 Å². The Morgan fingerprint density at radius 3 is 2.62 bits per heavy atom.